The molecule has 0 saturated carbocycles. The zero-order valence-corrected chi connectivity index (χ0v) is 23.8. The van der Waals surface area contributed by atoms with Crippen molar-refractivity contribution in [3.63, 3.8) is 0 Å². The average Bonchev–Trinajstić information content (AvgIpc) is 3.52. The summed E-state index contributed by atoms with van der Waals surface area (Å²) in [7, 11) is 1.34. The molecule has 204 valence electrons. The quantitative estimate of drug-likeness (QED) is 0.306. The number of esters is 2. The zero-order valence-electron chi connectivity index (χ0n) is 22.2. The van der Waals surface area contributed by atoms with E-state index in [0.717, 1.165) is 11.1 Å². The summed E-state index contributed by atoms with van der Waals surface area (Å²) in [6.45, 7) is 5.53. The number of hydrogen-bond acceptors (Lipinski definition) is 8. The molecule has 40 heavy (non-hydrogen) atoms. The second-order valence-corrected chi connectivity index (χ2v) is 10.5. The predicted molar refractivity (Wildman–Crippen MR) is 152 cm³/mol. The van der Waals surface area contributed by atoms with Gasteiger partial charge in [0.25, 0.3) is 5.56 Å². The molecule has 0 N–H and O–H groups in total. The SMILES string of the molecule is CCOC(=O)C1=C(C)N=c2s/c(=C/c3ccc(-c4ccc(C(=O)OC)cc4C)o3)c(=O)n2[C@@H]1c1ccc(Cl)cc1. The highest BCUT2D eigenvalue weighted by molar-refractivity contribution is 7.07. The van der Waals surface area contributed by atoms with Crippen LogP contribution >= 0.6 is 22.9 Å². The molecule has 0 radical (unpaired) electrons. The smallest absolute Gasteiger partial charge is 0.338 e. The molecule has 1 aliphatic heterocycles. The van der Waals surface area contributed by atoms with Gasteiger partial charge in [0, 0.05) is 16.7 Å². The van der Waals surface area contributed by atoms with Crippen LogP contribution in [0.2, 0.25) is 5.02 Å². The first-order valence-electron chi connectivity index (χ1n) is 12.5. The number of methoxy groups -OCH3 is 1. The Hall–Kier alpha value is -4.21. The van der Waals surface area contributed by atoms with E-state index < -0.39 is 18.0 Å². The summed E-state index contributed by atoms with van der Waals surface area (Å²) < 4.78 is 18.1. The van der Waals surface area contributed by atoms with Crippen molar-refractivity contribution in [1.82, 2.24) is 4.57 Å². The lowest BCUT2D eigenvalue weighted by Gasteiger charge is -2.24. The van der Waals surface area contributed by atoms with Crippen LogP contribution in [-0.4, -0.2) is 30.2 Å². The molecule has 0 aliphatic carbocycles. The monoisotopic (exact) mass is 576 g/mol. The van der Waals surface area contributed by atoms with Crippen LogP contribution in [-0.2, 0) is 14.3 Å². The lowest BCUT2D eigenvalue weighted by Crippen LogP contribution is -2.39. The van der Waals surface area contributed by atoms with E-state index in [0.29, 0.717) is 48.3 Å². The normalized spacial score (nSPS) is 15.0. The van der Waals surface area contributed by atoms with E-state index in [1.165, 1.54) is 23.0 Å². The largest absolute Gasteiger partial charge is 0.465 e. The first-order valence-corrected chi connectivity index (χ1v) is 13.7. The molecule has 3 heterocycles. The standard InChI is InChI=1S/C30H25ClN2O6S/c1-5-38-29(36)25-17(3)32-30-33(26(25)18-6-9-20(31)10-7-18)27(34)24(40-30)15-21-11-13-23(39-21)22-12-8-19(14-16(22)2)28(35)37-4/h6-15,26H,5H2,1-4H3/b24-15+/t26-/m1/s1. The summed E-state index contributed by atoms with van der Waals surface area (Å²) in [5.41, 5.74) is 3.28. The molecule has 2 aromatic carbocycles. The van der Waals surface area contributed by atoms with E-state index in [9.17, 15) is 14.4 Å². The van der Waals surface area contributed by atoms with Crippen LogP contribution in [0.3, 0.4) is 0 Å². The number of aryl methyl sites for hydroxylation is 1. The van der Waals surface area contributed by atoms with Gasteiger partial charge in [-0.3, -0.25) is 9.36 Å². The summed E-state index contributed by atoms with van der Waals surface area (Å²) in [5, 5.41) is 0.540. The topological polar surface area (TPSA) is 100 Å². The summed E-state index contributed by atoms with van der Waals surface area (Å²) >= 11 is 7.32. The van der Waals surface area contributed by atoms with Crippen LogP contribution in [0.15, 0.2) is 80.1 Å². The number of halogens is 1. The molecule has 0 saturated heterocycles. The highest BCUT2D eigenvalue weighted by Crippen LogP contribution is 2.31. The third-order valence-corrected chi connectivity index (χ3v) is 7.75. The number of aromatic nitrogens is 1. The molecule has 1 atom stereocenters. The lowest BCUT2D eigenvalue weighted by atomic mass is 9.96. The number of thiazole rings is 1. The van der Waals surface area contributed by atoms with E-state index in [1.54, 1.807) is 68.5 Å². The number of allylic oxidation sites excluding steroid dienone is 1. The fourth-order valence-electron chi connectivity index (χ4n) is 4.64. The third-order valence-electron chi connectivity index (χ3n) is 6.52. The van der Waals surface area contributed by atoms with Crippen molar-refractivity contribution in [2.75, 3.05) is 13.7 Å². The first-order chi connectivity index (χ1) is 19.2. The van der Waals surface area contributed by atoms with Gasteiger partial charge in [-0.15, -0.1) is 0 Å². The van der Waals surface area contributed by atoms with Crippen molar-refractivity contribution >= 4 is 41.0 Å². The maximum Gasteiger partial charge on any atom is 0.338 e. The Kier molecular flexibility index (Phi) is 7.60. The molecule has 0 bridgehead atoms. The van der Waals surface area contributed by atoms with Crippen LogP contribution in [0.5, 0.6) is 0 Å². The Morgan fingerprint density at radius 3 is 2.52 bits per heavy atom. The fraction of sp³-hybridized carbons (Fsp3) is 0.200. The van der Waals surface area contributed by atoms with Crippen molar-refractivity contribution in [2.24, 2.45) is 4.99 Å². The minimum absolute atomic E-state index is 0.194. The number of nitrogens with zero attached hydrogens (tertiary/aromatic N) is 2. The number of hydrogen-bond donors (Lipinski definition) is 0. The molecule has 0 unspecified atom stereocenters. The maximum atomic E-state index is 13.8. The van der Waals surface area contributed by atoms with Crippen LogP contribution in [0.4, 0.5) is 0 Å². The van der Waals surface area contributed by atoms with Crippen LogP contribution in [0.25, 0.3) is 17.4 Å². The van der Waals surface area contributed by atoms with Gasteiger partial charge in [-0.25, -0.2) is 14.6 Å². The van der Waals surface area contributed by atoms with Crippen LogP contribution in [0, 0.1) is 6.92 Å². The van der Waals surface area contributed by atoms with Gasteiger partial charge in [0.1, 0.15) is 11.5 Å². The van der Waals surface area contributed by atoms with Gasteiger partial charge in [-0.1, -0.05) is 41.1 Å². The Morgan fingerprint density at radius 1 is 1.10 bits per heavy atom. The third kappa shape index (κ3) is 5.05. The summed E-state index contributed by atoms with van der Waals surface area (Å²) in [6.07, 6.45) is 1.66. The molecule has 10 heteroatoms. The fourth-order valence-corrected chi connectivity index (χ4v) is 5.79. The minimum atomic E-state index is -0.724. The molecule has 1 aliphatic rings. The number of benzene rings is 2. The number of carbonyl (C=O) groups is 2. The Bertz CT molecular complexity index is 1850. The molecule has 0 amide bonds. The van der Waals surface area contributed by atoms with Crippen LogP contribution < -0.4 is 14.9 Å². The molecular formula is C30H25ClN2O6S. The Morgan fingerprint density at radius 2 is 1.85 bits per heavy atom. The molecule has 8 nitrogen and oxygen atoms in total. The van der Waals surface area contributed by atoms with Gasteiger partial charge in [-0.05, 0) is 68.3 Å². The van der Waals surface area contributed by atoms with Gasteiger partial charge in [0.05, 0.1) is 41.1 Å². The number of ether oxygens (including phenoxy) is 2. The maximum absolute atomic E-state index is 13.8. The predicted octanol–water partition coefficient (Wildman–Crippen LogP) is 4.81. The molecule has 0 fully saturated rings. The lowest BCUT2D eigenvalue weighted by molar-refractivity contribution is -0.139. The second kappa shape index (κ2) is 11.1. The van der Waals surface area contributed by atoms with E-state index in [2.05, 4.69) is 4.99 Å². The van der Waals surface area contributed by atoms with E-state index >= 15 is 0 Å². The van der Waals surface area contributed by atoms with Crippen LogP contribution in [0.1, 0.15) is 47.1 Å². The zero-order chi connectivity index (χ0) is 28.6. The van der Waals surface area contributed by atoms with E-state index in [1.807, 2.05) is 13.0 Å². The molecule has 2 aromatic heterocycles. The highest BCUT2D eigenvalue weighted by Gasteiger charge is 2.33. The molecule has 4 aromatic rings. The van der Waals surface area contributed by atoms with E-state index in [-0.39, 0.29) is 12.2 Å². The first kappa shape index (κ1) is 27.4. The number of furan rings is 1. The van der Waals surface area contributed by atoms with E-state index in [4.69, 9.17) is 25.5 Å². The minimum Gasteiger partial charge on any atom is -0.465 e. The Balaban J connectivity index is 1.58. The van der Waals surface area contributed by atoms with Gasteiger partial charge in [0.15, 0.2) is 4.80 Å². The molecule has 5 rings (SSSR count). The average molecular weight is 577 g/mol. The molecule has 0 spiro atoms. The van der Waals surface area contributed by atoms with Gasteiger partial charge < -0.3 is 13.9 Å². The van der Waals surface area contributed by atoms with Crippen molar-refractivity contribution in [2.45, 2.75) is 26.8 Å². The van der Waals surface area contributed by atoms with Gasteiger partial charge >= 0.3 is 11.9 Å². The van der Waals surface area contributed by atoms with Crippen molar-refractivity contribution < 1.29 is 23.5 Å². The van der Waals surface area contributed by atoms with Gasteiger partial charge in [0.2, 0.25) is 0 Å². The van der Waals surface area contributed by atoms with Crippen molar-refractivity contribution in [3.05, 3.63) is 113 Å². The van der Waals surface area contributed by atoms with Crippen molar-refractivity contribution in [1.29, 1.82) is 0 Å². The van der Waals surface area contributed by atoms with Gasteiger partial charge in [-0.2, -0.15) is 0 Å². The highest BCUT2D eigenvalue weighted by atomic mass is 35.5. The Labute approximate surface area is 238 Å². The summed E-state index contributed by atoms with van der Waals surface area (Å²) in [6, 6.07) is 15.1. The number of fused-ring (bicyclic) bond motifs is 1. The molecular weight excluding hydrogens is 552 g/mol. The van der Waals surface area contributed by atoms with Crippen molar-refractivity contribution in [3.8, 4) is 11.3 Å². The summed E-state index contributed by atoms with van der Waals surface area (Å²) in [5.74, 6) is 0.124. The second-order valence-electron chi connectivity index (χ2n) is 9.08. The number of carbonyl (C=O) groups excluding carboxylic acids is 2. The number of rotatable bonds is 6. The summed E-state index contributed by atoms with van der Waals surface area (Å²) in [4.78, 5) is 43.6.